The van der Waals surface area contributed by atoms with Gasteiger partial charge in [0.1, 0.15) is 0 Å². The van der Waals surface area contributed by atoms with E-state index in [0.717, 1.165) is 11.3 Å². The Bertz CT molecular complexity index is 751. The van der Waals surface area contributed by atoms with Gasteiger partial charge < -0.3 is 14.8 Å². The molecule has 1 amide bonds. The van der Waals surface area contributed by atoms with E-state index in [1.165, 1.54) is 17.3 Å². The van der Waals surface area contributed by atoms with Gasteiger partial charge in [-0.3, -0.25) is 4.79 Å². The third-order valence-corrected chi connectivity index (χ3v) is 4.78. The van der Waals surface area contributed by atoms with Gasteiger partial charge in [-0.2, -0.15) is 0 Å². The van der Waals surface area contributed by atoms with Crippen LogP contribution < -0.4 is 14.8 Å². The largest absolute Gasteiger partial charge is 0.490 e. The van der Waals surface area contributed by atoms with Crippen molar-refractivity contribution in [1.29, 1.82) is 0 Å². The van der Waals surface area contributed by atoms with Crippen LogP contribution in [0.5, 0.6) is 11.5 Å². The summed E-state index contributed by atoms with van der Waals surface area (Å²) in [5.41, 5.74) is 1.71. The second-order valence-electron chi connectivity index (χ2n) is 5.48. The van der Waals surface area contributed by atoms with E-state index in [4.69, 9.17) is 21.1 Å². The summed E-state index contributed by atoms with van der Waals surface area (Å²) in [5, 5.41) is 3.28. The maximum absolute atomic E-state index is 12.2. The van der Waals surface area contributed by atoms with Crippen molar-refractivity contribution in [3.8, 4) is 11.5 Å². The number of hydrogen-bond acceptors (Lipinski definition) is 4. The standard InChI is InChI=1S/C18H18ClNO3S/c1-12-4-2-5-13(8-12)24-11-18(21)20-15-10-17-16(9-14(15)19)22-6-3-7-23-17/h2,4-5,8-10H,3,6-7,11H2,1H3,(H,20,21). The SMILES string of the molecule is Cc1cccc(SCC(=O)Nc2cc3c(cc2Cl)OCCCO3)c1. The number of benzene rings is 2. The van der Waals surface area contributed by atoms with Crippen LogP contribution in [-0.4, -0.2) is 24.9 Å². The quantitative estimate of drug-likeness (QED) is 0.810. The maximum atomic E-state index is 12.2. The number of halogens is 1. The third kappa shape index (κ3) is 4.36. The summed E-state index contributed by atoms with van der Waals surface area (Å²) in [6, 6.07) is 11.5. The summed E-state index contributed by atoms with van der Waals surface area (Å²) in [6.45, 7) is 3.22. The average molecular weight is 364 g/mol. The number of ether oxygens (including phenoxy) is 2. The number of carbonyl (C=O) groups excluding carboxylic acids is 1. The predicted molar refractivity (Wildman–Crippen MR) is 97.6 cm³/mol. The van der Waals surface area contributed by atoms with E-state index in [2.05, 4.69) is 11.4 Å². The first kappa shape index (κ1) is 17.0. The van der Waals surface area contributed by atoms with E-state index < -0.39 is 0 Å². The molecule has 1 N–H and O–H groups in total. The minimum absolute atomic E-state index is 0.113. The van der Waals surface area contributed by atoms with Gasteiger partial charge in [0.25, 0.3) is 0 Å². The first-order valence-corrected chi connectivity index (χ1v) is 9.06. The topological polar surface area (TPSA) is 47.6 Å². The van der Waals surface area contributed by atoms with Crippen LogP contribution in [0.25, 0.3) is 0 Å². The fourth-order valence-corrected chi connectivity index (χ4v) is 3.33. The average Bonchev–Trinajstić information content (AvgIpc) is 2.78. The Morgan fingerprint density at radius 3 is 2.71 bits per heavy atom. The molecule has 1 aliphatic rings. The van der Waals surface area contributed by atoms with Crippen molar-refractivity contribution in [2.75, 3.05) is 24.3 Å². The molecule has 24 heavy (non-hydrogen) atoms. The molecule has 0 bridgehead atoms. The minimum Gasteiger partial charge on any atom is -0.490 e. The lowest BCUT2D eigenvalue weighted by atomic mass is 10.2. The molecular weight excluding hydrogens is 346 g/mol. The van der Waals surface area contributed by atoms with Gasteiger partial charge in [-0.1, -0.05) is 29.3 Å². The van der Waals surface area contributed by atoms with Crippen molar-refractivity contribution < 1.29 is 14.3 Å². The van der Waals surface area contributed by atoms with Crippen molar-refractivity contribution in [1.82, 2.24) is 0 Å². The molecule has 0 saturated heterocycles. The smallest absolute Gasteiger partial charge is 0.234 e. The summed E-state index contributed by atoms with van der Waals surface area (Å²) in [4.78, 5) is 13.3. The lowest BCUT2D eigenvalue weighted by molar-refractivity contribution is -0.113. The summed E-state index contributed by atoms with van der Waals surface area (Å²) >= 11 is 7.73. The van der Waals surface area contributed by atoms with Crippen LogP contribution in [0.1, 0.15) is 12.0 Å². The van der Waals surface area contributed by atoms with E-state index in [-0.39, 0.29) is 5.91 Å². The normalized spacial score (nSPS) is 13.2. The number of nitrogens with one attached hydrogen (secondary N) is 1. The molecule has 2 aromatic carbocycles. The zero-order valence-corrected chi connectivity index (χ0v) is 14.9. The van der Waals surface area contributed by atoms with Crippen molar-refractivity contribution >= 4 is 35.0 Å². The number of rotatable bonds is 4. The highest BCUT2D eigenvalue weighted by Gasteiger charge is 2.15. The van der Waals surface area contributed by atoms with Gasteiger partial charge in [-0.15, -0.1) is 11.8 Å². The summed E-state index contributed by atoms with van der Waals surface area (Å²) < 4.78 is 11.2. The van der Waals surface area contributed by atoms with E-state index >= 15 is 0 Å². The molecule has 0 atom stereocenters. The fraction of sp³-hybridized carbons (Fsp3) is 0.278. The van der Waals surface area contributed by atoms with Crippen molar-refractivity contribution in [3.05, 3.63) is 47.0 Å². The fourth-order valence-electron chi connectivity index (χ4n) is 2.32. The zero-order chi connectivity index (χ0) is 16.9. The van der Waals surface area contributed by atoms with Gasteiger partial charge >= 0.3 is 0 Å². The molecule has 6 heteroatoms. The van der Waals surface area contributed by atoms with Crippen LogP contribution in [0.4, 0.5) is 5.69 Å². The third-order valence-electron chi connectivity index (χ3n) is 3.47. The van der Waals surface area contributed by atoms with Gasteiger partial charge in [0, 0.05) is 23.4 Å². The molecule has 0 saturated carbocycles. The van der Waals surface area contributed by atoms with Crippen LogP contribution in [0.2, 0.25) is 5.02 Å². The predicted octanol–water partition coefficient (Wildman–Crippen LogP) is 4.54. The number of anilines is 1. The number of fused-ring (bicyclic) bond motifs is 1. The highest BCUT2D eigenvalue weighted by Crippen LogP contribution is 2.37. The lowest BCUT2D eigenvalue weighted by Crippen LogP contribution is -2.14. The van der Waals surface area contributed by atoms with Gasteiger partial charge in [0.05, 0.1) is 29.7 Å². The number of hydrogen-bond donors (Lipinski definition) is 1. The van der Waals surface area contributed by atoms with Gasteiger partial charge in [-0.05, 0) is 19.1 Å². The highest BCUT2D eigenvalue weighted by molar-refractivity contribution is 8.00. The van der Waals surface area contributed by atoms with Crippen molar-refractivity contribution in [2.24, 2.45) is 0 Å². The number of amides is 1. The van der Waals surface area contributed by atoms with E-state index in [1.54, 1.807) is 12.1 Å². The summed E-state index contributed by atoms with van der Waals surface area (Å²) in [7, 11) is 0. The molecule has 0 aromatic heterocycles. The molecule has 0 radical (unpaired) electrons. The second kappa shape index (κ2) is 7.81. The van der Waals surface area contributed by atoms with Crippen LogP contribution in [0, 0.1) is 6.92 Å². The Hall–Kier alpha value is -1.85. The Balaban J connectivity index is 1.64. The van der Waals surface area contributed by atoms with Crippen LogP contribution >= 0.6 is 23.4 Å². The van der Waals surface area contributed by atoms with Gasteiger partial charge in [0.2, 0.25) is 5.91 Å². The lowest BCUT2D eigenvalue weighted by Gasteiger charge is -2.12. The maximum Gasteiger partial charge on any atom is 0.234 e. The van der Waals surface area contributed by atoms with Crippen LogP contribution in [0.15, 0.2) is 41.3 Å². The summed E-state index contributed by atoms with van der Waals surface area (Å²) in [6.07, 6.45) is 0.821. The Kier molecular flexibility index (Phi) is 5.53. The van der Waals surface area contributed by atoms with Crippen LogP contribution in [0.3, 0.4) is 0 Å². The Labute approximate surface area is 150 Å². The number of carbonyl (C=O) groups is 1. The molecule has 1 heterocycles. The molecule has 0 fully saturated rings. The second-order valence-corrected chi connectivity index (χ2v) is 6.94. The monoisotopic (exact) mass is 363 g/mol. The molecule has 1 aliphatic heterocycles. The molecule has 2 aromatic rings. The molecular formula is C18H18ClNO3S. The summed E-state index contributed by atoms with van der Waals surface area (Å²) in [5.74, 6) is 1.43. The van der Waals surface area contributed by atoms with Gasteiger partial charge in [0.15, 0.2) is 11.5 Å². The molecule has 0 spiro atoms. The van der Waals surface area contributed by atoms with E-state index in [1.807, 2.05) is 25.1 Å². The molecule has 0 unspecified atom stereocenters. The number of thioether (sulfide) groups is 1. The van der Waals surface area contributed by atoms with Gasteiger partial charge in [-0.25, -0.2) is 0 Å². The highest BCUT2D eigenvalue weighted by atomic mass is 35.5. The zero-order valence-electron chi connectivity index (χ0n) is 13.3. The first-order chi connectivity index (χ1) is 11.6. The van der Waals surface area contributed by atoms with E-state index in [9.17, 15) is 4.79 Å². The molecule has 126 valence electrons. The Morgan fingerprint density at radius 1 is 1.21 bits per heavy atom. The number of aryl methyl sites for hydroxylation is 1. The van der Waals surface area contributed by atoms with Crippen molar-refractivity contribution in [2.45, 2.75) is 18.2 Å². The van der Waals surface area contributed by atoms with E-state index in [0.29, 0.717) is 41.2 Å². The first-order valence-electron chi connectivity index (χ1n) is 7.70. The van der Waals surface area contributed by atoms with Crippen molar-refractivity contribution in [3.63, 3.8) is 0 Å². The Morgan fingerprint density at radius 2 is 1.96 bits per heavy atom. The minimum atomic E-state index is -0.113. The molecule has 3 rings (SSSR count). The molecule has 0 aliphatic carbocycles. The molecule has 4 nitrogen and oxygen atoms in total. The van der Waals surface area contributed by atoms with Crippen LogP contribution in [-0.2, 0) is 4.79 Å².